The summed E-state index contributed by atoms with van der Waals surface area (Å²) in [5.41, 5.74) is 0. The topological polar surface area (TPSA) is 49.8 Å². The predicted octanol–water partition coefficient (Wildman–Crippen LogP) is 1.28. The second-order valence-electron chi connectivity index (χ2n) is 3.95. The number of carbonyl (C=O) groups is 1. The molecule has 0 bridgehead atoms. The Balaban J connectivity index is 4.04. The first-order valence-electron chi connectivity index (χ1n) is 5.05. The van der Waals surface area contributed by atoms with Crippen LogP contribution in [0.3, 0.4) is 0 Å². The SMILES string of the molecule is COCCN(CC(C)C)CC(Cl)C(=O)O. The standard InChI is InChI=1S/C10H20ClNO3/c1-8(2)6-12(4-5-15-3)7-9(11)10(13)14/h8-9H,4-7H2,1-3H3,(H,13,14). The number of carboxylic acids is 1. The van der Waals surface area contributed by atoms with Crippen LogP contribution >= 0.6 is 11.6 Å². The fraction of sp³-hybridized carbons (Fsp3) is 0.900. The highest BCUT2D eigenvalue weighted by Gasteiger charge is 2.18. The van der Waals surface area contributed by atoms with Crippen LogP contribution in [-0.2, 0) is 9.53 Å². The first-order valence-corrected chi connectivity index (χ1v) is 5.49. The zero-order chi connectivity index (χ0) is 11.8. The lowest BCUT2D eigenvalue weighted by molar-refractivity contribution is -0.137. The fourth-order valence-corrected chi connectivity index (χ4v) is 1.49. The molecule has 0 radical (unpaired) electrons. The number of rotatable bonds is 8. The summed E-state index contributed by atoms with van der Waals surface area (Å²) in [6, 6.07) is 0. The molecule has 1 unspecified atom stereocenters. The number of alkyl halides is 1. The molecule has 0 heterocycles. The molecular weight excluding hydrogens is 218 g/mol. The van der Waals surface area contributed by atoms with Gasteiger partial charge in [-0.2, -0.15) is 0 Å². The largest absolute Gasteiger partial charge is 0.480 e. The molecule has 0 spiro atoms. The molecule has 90 valence electrons. The van der Waals surface area contributed by atoms with Gasteiger partial charge in [-0.05, 0) is 5.92 Å². The van der Waals surface area contributed by atoms with Crippen molar-refractivity contribution in [3.63, 3.8) is 0 Å². The van der Waals surface area contributed by atoms with Crippen molar-refractivity contribution in [1.29, 1.82) is 0 Å². The van der Waals surface area contributed by atoms with Crippen molar-refractivity contribution in [2.75, 3.05) is 33.4 Å². The smallest absolute Gasteiger partial charge is 0.322 e. The number of methoxy groups -OCH3 is 1. The number of halogens is 1. The van der Waals surface area contributed by atoms with Gasteiger partial charge in [0.05, 0.1) is 6.61 Å². The predicted molar refractivity (Wildman–Crippen MR) is 60.4 cm³/mol. The molecule has 0 saturated heterocycles. The van der Waals surface area contributed by atoms with Gasteiger partial charge < -0.3 is 9.84 Å². The van der Waals surface area contributed by atoms with E-state index >= 15 is 0 Å². The van der Waals surface area contributed by atoms with Crippen molar-refractivity contribution in [3.05, 3.63) is 0 Å². The van der Waals surface area contributed by atoms with E-state index in [0.717, 1.165) is 6.54 Å². The lowest BCUT2D eigenvalue weighted by atomic mass is 10.2. The minimum atomic E-state index is -0.970. The van der Waals surface area contributed by atoms with Gasteiger partial charge in [0.2, 0.25) is 0 Å². The molecule has 0 rings (SSSR count). The maximum atomic E-state index is 10.6. The highest BCUT2D eigenvalue weighted by molar-refractivity contribution is 6.29. The van der Waals surface area contributed by atoms with Gasteiger partial charge in [0.15, 0.2) is 0 Å². The Hall–Kier alpha value is -0.320. The zero-order valence-corrected chi connectivity index (χ0v) is 10.3. The highest BCUT2D eigenvalue weighted by Crippen LogP contribution is 2.04. The average molecular weight is 238 g/mol. The normalized spacial score (nSPS) is 13.5. The van der Waals surface area contributed by atoms with E-state index in [1.54, 1.807) is 7.11 Å². The Morgan fingerprint density at radius 2 is 2.07 bits per heavy atom. The third kappa shape index (κ3) is 7.59. The van der Waals surface area contributed by atoms with Gasteiger partial charge in [-0.25, -0.2) is 0 Å². The minimum absolute atomic E-state index is 0.360. The van der Waals surface area contributed by atoms with Crippen LogP contribution in [0.4, 0.5) is 0 Å². The van der Waals surface area contributed by atoms with E-state index < -0.39 is 11.3 Å². The van der Waals surface area contributed by atoms with Gasteiger partial charge in [0.1, 0.15) is 5.38 Å². The summed E-state index contributed by atoms with van der Waals surface area (Å²) in [7, 11) is 1.63. The molecule has 0 fully saturated rings. The molecule has 0 aromatic rings. The van der Waals surface area contributed by atoms with Gasteiger partial charge in [0, 0.05) is 26.7 Å². The maximum Gasteiger partial charge on any atom is 0.322 e. The maximum absolute atomic E-state index is 10.6. The average Bonchev–Trinajstić information content (AvgIpc) is 2.13. The Kier molecular flexibility index (Phi) is 7.74. The molecule has 0 saturated carbocycles. The third-order valence-corrected chi connectivity index (χ3v) is 2.25. The Bertz CT molecular complexity index is 188. The van der Waals surface area contributed by atoms with Gasteiger partial charge in [-0.15, -0.1) is 11.6 Å². The number of carboxylic acid groups (broad SMARTS) is 1. The van der Waals surface area contributed by atoms with Crippen LogP contribution in [0.5, 0.6) is 0 Å². The van der Waals surface area contributed by atoms with Crippen molar-refractivity contribution < 1.29 is 14.6 Å². The Morgan fingerprint density at radius 3 is 2.47 bits per heavy atom. The van der Waals surface area contributed by atoms with Crippen molar-refractivity contribution in [2.24, 2.45) is 5.92 Å². The summed E-state index contributed by atoms with van der Waals surface area (Å²) in [6.45, 7) is 6.67. The minimum Gasteiger partial charge on any atom is -0.480 e. The van der Waals surface area contributed by atoms with Crippen molar-refractivity contribution in [3.8, 4) is 0 Å². The fourth-order valence-electron chi connectivity index (χ4n) is 1.30. The quantitative estimate of drug-likeness (QED) is 0.647. The summed E-state index contributed by atoms with van der Waals surface area (Å²) in [5.74, 6) is -0.484. The van der Waals surface area contributed by atoms with Gasteiger partial charge in [0.25, 0.3) is 0 Å². The molecule has 1 atom stereocenters. The van der Waals surface area contributed by atoms with Crippen molar-refractivity contribution in [1.82, 2.24) is 4.90 Å². The second kappa shape index (κ2) is 7.91. The van der Waals surface area contributed by atoms with Crippen LogP contribution in [0.25, 0.3) is 0 Å². The molecule has 0 aliphatic carbocycles. The van der Waals surface area contributed by atoms with Crippen LogP contribution in [0.15, 0.2) is 0 Å². The summed E-state index contributed by atoms with van der Waals surface area (Å²) < 4.78 is 4.96. The van der Waals surface area contributed by atoms with Crippen LogP contribution in [-0.4, -0.2) is 54.7 Å². The van der Waals surface area contributed by atoms with E-state index in [-0.39, 0.29) is 0 Å². The Labute approximate surface area is 96.2 Å². The van der Waals surface area contributed by atoms with E-state index in [1.807, 2.05) is 4.90 Å². The van der Waals surface area contributed by atoms with Gasteiger partial charge in [-0.3, -0.25) is 9.69 Å². The highest BCUT2D eigenvalue weighted by atomic mass is 35.5. The number of ether oxygens (including phenoxy) is 1. The van der Waals surface area contributed by atoms with E-state index in [1.165, 1.54) is 0 Å². The van der Waals surface area contributed by atoms with Crippen molar-refractivity contribution >= 4 is 17.6 Å². The number of aliphatic carboxylic acids is 1. The number of hydrogen-bond donors (Lipinski definition) is 1. The summed E-state index contributed by atoms with van der Waals surface area (Å²) >= 11 is 5.69. The van der Waals surface area contributed by atoms with Crippen LogP contribution in [0.1, 0.15) is 13.8 Å². The van der Waals surface area contributed by atoms with Gasteiger partial charge in [-0.1, -0.05) is 13.8 Å². The molecule has 4 nitrogen and oxygen atoms in total. The molecular formula is C10H20ClNO3. The van der Waals surface area contributed by atoms with E-state index in [2.05, 4.69) is 13.8 Å². The summed E-state index contributed by atoms with van der Waals surface area (Å²) in [6.07, 6.45) is 0. The van der Waals surface area contributed by atoms with Crippen LogP contribution in [0.2, 0.25) is 0 Å². The molecule has 5 heteroatoms. The molecule has 1 N–H and O–H groups in total. The molecule has 0 aromatic heterocycles. The summed E-state index contributed by atoms with van der Waals surface area (Å²) in [4.78, 5) is 12.6. The van der Waals surface area contributed by atoms with Gasteiger partial charge >= 0.3 is 5.97 Å². The van der Waals surface area contributed by atoms with E-state index in [0.29, 0.717) is 25.6 Å². The molecule has 0 amide bonds. The number of nitrogens with zero attached hydrogens (tertiary/aromatic N) is 1. The monoisotopic (exact) mass is 237 g/mol. The lowest BCUT2D eigenvalue weighted by Crippen LogP contribution is -2.38. The second-order valence-corrected chi connectivity index (χ2v) is 4.48. The zero-order valence-electron chi connectivity index (χ0n) is 9.57. The molecule has 0 aliphatic rings. The third-order valence-electron chi connectivity index (χ3n) is 1.92. The van der Waals surface area contributed by atoms with E-state index in [4.69, 9.17) is 21.4 Å². The first kappa shape index (κ1) is 14.7. The number of hydrogen-bond acceptors (Lipinski definition) is 3. The molecule has 0 aromatic carbocycles. The van der Waals surface area contributed by atoms with Crippen LogP contribution in [0, 0.1) is 5.92 Å². The van der Waals surface area contributed by atoms with E-state index in [9.17, 15) is 4.79 Å². The van der Waals surface area contributed by atoms with Crippen molar-refractivity contribution in [2.45, 2.75) is 19.2 Å². The first-order chi connectivity index (χ1) is 6.97. The Morgan fingerprint density at radius 1 is 1.47 bits per heavy atom. The molecule has 0 aliphatic heterocycles. The van der Waals surface area contributed by atoms with Crippen LogP contribution < -0.4 is 0 Å². The molecule has 15 heavy (non-hydrogen) atoms. The lowest BCUT2D eigenvalue weighted by Gasteiger charge is -2.24. The summed E-state index contributed by atoms with van der Waals surface area (Å²) in [5, 5.41) is 7.85.